The normalized spacial score (nSPS) is 13.8. The predicted molar refractivity (Wildman–Crippen MR) is 78.6 cm³/mol. The second-order valence-corrected chi connectivity index (χ2v) is 5.45. The van der Waals surface area contributed by atoms with Gasteiger partial charge >= 0.3 is 5.97 Å². The molecule has 1 N–H and O–H groups in total. The van der Waals surface area contributed by atoms with Gasteiger partial charge in [0.2, 0.25) is 6.41 Å². The van der Waals surface area contributed by atoms with Gasteiger partial charge in [-0.1, -0.05) is 45.0 Å². The zero-order valence-electron chi connectivity index (χ0n) is 12.6. The largest absolute Gasteiger partial charge is 0.479 e. The van der Waals surface area contributed by atoms with Crippen LogP contribution in [-0.2, 0) is 15.1 Å². The molecule has 4 nitrogen and oxygen atoms in total. The van der Waals surface area contributed by atoms with Crippen molar-refractivity contribution in [1.82, 2.24) is 4.90 Å². The number of benzene rings is 1. The van der Waals surface area contributed by atoms with Crippen molar-refractivity contribution >= 4 is 12.4 Å². The molecule has 0 fully saturated rings. The van der Waals surface area contributed by atoms with E-state index in [4.69, 9.17) is 0 Å². The molecule has 110 valence electrons. The van der Waals surface area contributed by atoms with Gasteiger partial charge in [-0.3, -0.25) is 4.79 Å². The molecule has 1 amide bonds. The summed E-state index contributed by atoms with van der Waals surface area (Å²) in [6.07, 6.45) is 1.33. The molecule has 0 aliphatic rings. The first-order valence-corrected chi connectivity index (χ1v) is 6.93. The number of amides is 1. The summed E-state index contributed by atoms with van der Waals surface area (Å²) < 4.78 is 0. The van der Waals surface area contributed by atoms with E-state index in [1.54, 1.807) is 19.1 Å². The van der Waals surface area contributed by atoms with Crippen molar-refractivity contribution in [2.24, 2.45) is 0 Å². The van der Waals surface area contributed by atoms with Crippen molar-refractivity contribution in [3.05, 3.63) is 35.4 Å². The highest BCUT2D eigenvalue weighted by atomic mass is 16.4. The highest BCUT2D eigenvalue weighted by Gasteiger charge is 2.40. The highest BCUT2D eigenvalue weighted by molar-refractivity contribution is 5.82. The quantitative estimate of drug-likeness (QED) is 0.779. The van der Waals surface area contributed by atoms with Crippen molar-refractivity contribution < 1.29 is 14.7 Å². The van der Waals surface area contributed by atoms with Gasteiger partial charge in [0.05, 0.1) is 0 Å². The molecule has 0 aromatic heterocycles. The minimum absolute atomic E-state index is 0.387. The number of rotatable bonds is 7. The molecule has 20 heavy (non-hydrogen) atoms. The second-order valence-electron chi connectivity index (χ2n) is 5.45. The summed E-state index contributed by atoms with van der Waals surface area (Å²) in [5.74, 6) is -0.631. The molecule has 4 heteroatoms. The number of carboxylic acids is 1. The molecule has 0 saturated heterocycles. The molecule has 0 heterocycles. The van der Waals surface area contributed by atoms with Gasteiger partial charge in [-0.2, -0.15) is 0 Å². The first-order chi connectivity index (χ1) is 9.37. The summed E-state index contributed by atoms with van der Waals surface area (Å²) in [7, 11) is 0. The van der Waals surface area contributed by atoms with Gasteiger partial charge in [-0.15, -0.1) is 0 Å². The Morgan fingerprint density at radius 2 is 1.90 bits per heavy atom. The van der Waals surface area contributed by atoms with Crippen LogP contribution in [-0.4, -0.2) is 28.9 Å². The van der Waals surface area contributed by atoms with E-state index in [-0.39, 0.29) is 0 Å². The average Bonchev–Trinajstić information content (AvgIpc) is 2.43. The summed E-state index contributed by atoms with van der Waals surface area (Å²) in [6, 6.07) is 7.46. The maximum absolute atomic E-state index is 11.7. The molecule has 0 spiro atoms. The summed E-state index contributed by atoms with van der Waals surface area (Å²) in [4.78, 5) is 24.3. The molecular weight excluding hydrogens is 254 g/mol. The predicted octanol–water partition coefficient (Wildman–Crippen LogP) is 2.98. The van der Waals surface area contributed by atoms with Gasteiger partial charge in [0, 0.05) is 6.54 Å². The van der Waals surface area contributed by atoms with Crippen molar-refractivity contribution in [2.75, 3.05) is 6.54 Å². The number of carbonyl (C=O) groups is 2. The zero-order chi connectivity index (χ0) is 15.3. The maximum Gasteiger partial charge on any atom is 0.334 e. The lowest BCUT2D eigenvalue weighted by molar-refractivity contribution is -0.154. The van der Waals surface area contributed by atoms with E-state index >= 15 is 0 Å². The van der Waals surface area contributed by atoms with Crippen LogP contribution >= 0.6 is 0 Å². The van der Waals surface area contributed by atoms with Crippen molar-refractivity contribution in [3.8, 4) is 0 Å². The van der Waals surface area contributed by atoms with Crippen LogP contribution in [0.4, 0.5) is 0 Å². The lowest BCUT2D eigenvalue weighted by Crippen LogP contribution is -2.49. The maximum atomic E-state index is 11.7. The van der Waals surface area contributed by atoms with Gasteiger partial charge in [0.25, 0.3) is 0 Å². The second kappa shape index (κ2) is 6.55. The fourth-order valence-electron chi connectivity index (χ4n) is 2.23. The van der Waals surface area contributed by atoms with Crippen LogP contribution < -0.4 is 0 Å². The summed E-state index contributed by atoms with van der Waals surface area (Å²) in [6.45, 7) is 8.07. The Labute approximate surface area is 120 Å². The number of hydrogen-bond acceptors (Lipinski definition) is 2. The topological polar surface area (TPSA) is 57.6 Å². The van der Waals surface area contributed by atoms with E-state index in [1.807, 2.05) is 19.1 Å². The van der Waals surface area contributed by atoms with Gasteiger partial charge in [0.15, 0.2) is 5.54 Å². The third-order valence-corrected chi connectivity index (χ3v) is 3.72. The van der Waals surface area contributed by atoms with E-state index in [9.17, 15) is 14.7 Å². The summed E-state index contributed by atoms with van der Waals surface area (Å²) in [5, 5.41) is 9.59. The molecule has 0 radical (unpaired) electrons. The lowest BCUT2D eigenvalue weighted by Gasteiger charge is -2.35. The first-order valence-electron chi connectivity index (χ1n) is 6.93. The fraction of sp³-hybridized carbons (Fsp3) is 0.500. The minimum Gasteiger partial charge on any atom is -0.479 e. The van der Waals surface area contributed by atoms with Gasteiger partial charge < -0.3 is 10.0 Å². The molecule has 0 aliphatic heterocycles. The molecule has 1 atom stereocenters. The Balaban J connectivity index is 3.24. The minimum atomic E-state index is -1.33. The Morgan fingerprint density at radius 3 is 2.25 bits per heavy atom. The first kappa shape index (κ1) is 16.2. The fourth-order valence-corrected chi connectivity index (χ4v) is 2.23. The van der Waals surface area contributed by atoms with E-state index in [2.05, 4.69) is 13.8 Å². The van der Waals surface area contributed by atoms with Crippen LogP contribution in [0.15, 0.2) is 24.3 Å². The molecule has 0 saturated carbocycles. The molecule has 0 aliphatic carbocycles. The Morgan fingerprint density at radius 1 is 1.35 bits per heavy atom. The smallest absolute Gasteiger partial charge is 0.334 e. The van der Waals surface area contributed by atoms with Gasteiger partial charge in [0.1, 0.15) is 0 Å². The Hall–Kier alpha value is -1.84. The monoisotopic (exact) mass is 277 g/mol. The van der Waals surface area contributed by atoms with Gasteiger partial charge in [-0.25, -0.2) is 4.79 Å². The van der Waals surface area contributed by atoms with E-state index < -0.39 is 11.5 Å². The zero-order valence-corrected chi connectivity index (χ0v) is 12.6. The van der Waals surface area contributed by atoms with E-state index in [0.29, 0.717) is 30.9 Å². The SMILES string of the molecule is CCCN(C=O)C(C)(C(=O)O)c1ccc(C(C)C)cc1. The van der Waals surface area contributed by atoms with Crippen LogP contribution in [0, 0.1) is 0 Å². The molecule has 0 bridgehead atoms. The number of hydrogen-bond donors (Lipinski definition) is 1. The molecule has 1 rings (SSSR count). The third kappa shape index (κ3) is 3.00. The van der Waals surface area contributed by atoms with Crippen molar-refractivity contribution in [3.63, 3.8) is 0 Å². The standard InChI is InChI=1S/C16H23NO3/c1-5-10-17(11-18)16(4,15(19)20)14-8-6-13(7-9-14)12(2)3/h6-9,11-12H,5,10H2,1-4H3,(H,19,20). The van der Waals surface area contributed by atoms with Crippen LogP contribution in [0.2, 0.25) is 0 Å². The molecule has 1 aromatic rings. The molecule has 1 aromatic carbocycles. The number of nitrogens with zero attached hydrogens (tertiary/aromatic N) is 1. The van der Waals surface area contributed by atoms with Gasteiger partial charge in [-0.05, 0) is 30.4 Å². The van der Waals surface area contributed by atoms with Crippen LogP contribution in [0.3, 0.4) is 0 Å². The number of carbonyl (C=O) groups excluding carboxylic acids is 1. The van der Waals surface area contributed by atoms with Crippen LogP contribution in [0.25, 0.3) is 0 Å². The summed E-state index contributed by atoms with van der Waals surface area (Å²) >= 11 is 0. The van der Waals surface area contributed by atoms with E-state index in [1.165, 1.54) is 4.90 Å². The van der Waals surface area contributed by atoms with Crippen LogP contribution in [0.5, 0.6) is 0 Å². The number of aliphatic carboxylic acids is 1. The molecule has 1 unspecified atom stereocenters. The Kier molecular flexibility index (Phi) is 5.31. The Bertz CT molecular complexity index is 467. The summed E-state index contributed by atoms with van der Waals surface area (Å²) in [5.41, 5.74) is 0.442. The van der Waals surface area contributed by atoms with Crippen molar-refractivity contribution in [2.45, 2.75) is 45.6 Å². The highest BCUT2D eigenvalue weighted by Crippen LogP contribution is 2.29. The van der Waals surface area contributed by atoms with Crippen molar-refractivity contribution in [1.29, 1.82) is 0 Å². The third-order valence-electron chi connectivity index (χ3n) is 3.72. The number of carboxylic acid groups (broad SMARTS) is 1. The average molecular weight is 277 g/mol. The van der Waals surface area contributed by atoms with Crippen LogP contribution in [0.1, 0.15) is 51.2 Å². The van der Waals surface area contributed by atoms with E-state index in [0.717, 1.165) is 5.56 Å². The lowest BCUT2D eigenvalue weighted by atomic mass is 9.88. The molecular formula is C16H23NO3.